The third kappa shape index (κ3) is 14.7. The van der Waals surface area contributed by atoms with Crippen LogP contribution in [0.15, 0.2) is 0 Å². The lowest BCUT2D eigenvalue weighted by Gasteiger charge is -2.15. The number of halogens is 2. The number of carbonyl (C=O) groups excluding carboxylic acids is 2. The van der Waals surface area contributed by atoms with E-state index in [1.54, 1.807) is 0 Å². The highest BCUT2D eigenvalue weighted by Crippen LogP contribution is 2.21. The molecule has 0 amide bonds. The minimum absolute atomic E-state index is 0.127. The Morgan fingerprint density at radius 2 is 1.03 bits per heavy atom. The van der Waals surface area contributed by atoms with Crippen LogP contribution in [0.25, 0.3) is 0 Å². The van der Waals surface area contributed by atoms with Crippen LogP contribution >= 0.6 is 23.2 Å². The first-order valence-electron chi connectivity index (χ1n) is 12.5. The van der Waals surface area contributed by atoms with E-state index in [-0.39, 0.29) is 35.3 Å². The minimum Gasteiger partial charge on any atom is -0.371 e. The Morgan fingerprint density at radius 3 is 1.45 bits per heavy atom. The highest BCUT2D eigenvalue weighted by molar-refractivity contribution is 6.63. The molecule has 2 saturated heterocycles. The molecule has 2 aliphatic rings. The SMILES string of the molecule is O=C(Cl)CCCCCCCC1COC(COCC2OCC(CCCCCCCC(=O)Cl)O2)O1. The molecule has 2 aliphatic heterocycles. The van der Waals surface area contributed by atoms with Gasteiger partial charge in [0.25, 0.3) is 0 Å². The molecule has 2 fully saturated rings. The van der Waals surface area contributed by atoms with E-state index < -0.39 is 0 Å². The molecule has 9 heteroatoms. The van der Waals surface area contributed by atoms with Gasteiger partial charge in [-0.1, -0.05) is 51.4 Å². The molecule has 0 saturated carbocycles. The smallest absolute Gasteiger partial charge is 0.221 e. The second kappa shape index (κ2) is 18.1. The van der Waals surface area contributed by atoms with Gasteiger partial charge in [0.2, 0.25) is 10.5 Å². The molecule has 7 nitrogen and oxygen atoms in total. The van der Waals surface area contributed by atoms with Crippen molar-refractivity contribution in [2.24, 2.45) is 0 Å². The Bertz CT molecular complexity index is 503. The van der Waals surface area contributed by atoms with E-state index in [2.05, 4.69) is 0 Å². The molecule has 0 aromatic rings. The lowest BCUT2D eigenvalue weighted by Crippen LogP contribution is -2.24. The Morgan fingerprint density at radius 1 is 0.636 bits per heavy atom. The number of rotatable bonds is 20. The first kappa shape index (κ1) is 29.0. The fourth-order valence-corrected chi connectivity index (χ4v) is 4.35. The maximum atomic E-state index is 10.7. The summed E-state index contributed by atoms with van der Waals surface area (Å²) in [5.74, 6) is 0. The zero-order valence-electron chi connectivity index (χ0n) is 19.7. The summed E-state index contributed by atoms with van der Waals surface area (Å²) in [4.78, 5) is 21.4. The molecule has 33 heavy (non-hydrogen) atoms. The lowest BCUT2D eigenvalue weighted by atomic mass is 10.1. The fourth-order valence-electron chi connectivity index (χ4n) is 4.09. The maximum Gasteiger partial charge on any atom is 0.221 e. The van der Waals surface area contributed by atoms with Crippen LogP contribution in [0.1, 0.15) is 89.9 Å². The summed E-state index contributed by atoms with van der Waals surface area (Å²) >= 11 is 10.7. The predicted octanol–water partition coefficient (Wildman–Crippen LogP) is 5.48. The van der Waals surface area contributed by atoms with Gasteiger partial charge < -0.3 is 23.7 Å². The zero-order valence-corrected chi connectivity index (χ0v) is 21.2. The predicted molar refractivity (Wildman–Crippen MR) is 126 cm³/mol. The van der Waals surface area contributed by atoms with Crippen molar-refractivity contribution in [1.29, 1.82) is 0 Å². The average molecular weight is 511 g/mol. The van der Waals surface area contributed by atoms with Crippen molar-refractivity contribution in [3.8, 4) is 0 Å². The molecule has 0 aromatic carbocycles. The summed E-state index contributed by atoms with van der Waals surface area (Å²) in [7, 11) is 0. The van der Waals surface area contributed by atoms with Crippen molar-refractivity contribution < 1.29 is 33.3 Å². The number of unbranched alkanes of at least 4 members (excludes halogenated alkanes) is 8. The Hall–Kier alpha value is -0.280. The number of ether oxygens (including phenoxy) is 5. The Labute approximate surface area is 208 Å². The van der Waals surface area contributed by atoms with E-state index in [1.165, 1.54) is 0 Å². The van der Waals surface area contributed by atoms with Crippen LogP contribution < -0.4 is 0 Å². The van der Waals surface area contributed by atoms with Crippen molar-refractivity contribution in [3.05, 3.63) is 0 Å². The van der Waals surface area contributed by atoms with E-state index in [0.29, 0.717) is 39.3 Å². The van der Waals surface area contributed by atoms with Crippen LogP contribution in [0.5, 0.6) is 0 Å². The number of hydrogen-bond acceptors (Lipinski definition) is 7. The molecule has 4 unspecified atom stereocenters. The van der Waals surface area contributed by atoms with Crippen LogP contribution in [0, 0.1) is 0 Å². The van der Waals surface area contributed by atoms with Gasteiger partial charge in [0.15, 0.2) is 12.6 Å². The van der Waals surface area contributed by atoms with Gasteiger partial charge in [0.05, 0.1) is 38.6 Å². The molecule has 0 bridgehead atoms. The highest BCUT2D eigenvalue weighted by Gasteiger charge is 2.28. The second-order valence-electron chi connectivity index (χ2n) is 8.90. The van der Waals surface area contributed by atoms with Gasteiger partial charge in [-0.25, -0.2) is 0 Å². The largest absolute Gasteiger partial charge is 0.371 e. The van der Waals surface area contributed by atoms with E-state index >= 15 is 0 Å². The molecule has 0 aliphatic carbocycles. The minimum atomic E-state index is -0.323. The molecule has 2 heterocycles. The molecular weight excluding hydrogens is 471 g/mol. The molecule has 4 atom stereocenters. The maximum absolute atomic E-state index is 10.7. The van der Waals surface area contributed by atoms with Crippen LogP contribution in [0.2, 0.25) is 0 Å². The molecule has 0 spiro atoms. The lowest BCUT2D eigenvalue weighted by molar-refractivity contribution is -0.146. The van der Waals surface area contributed by atoms with Crippen LogP contribution in [-0.2, 0) is 33.3 Å². The average Bonchev–Trinajstić information content (AvgIpc) is 3.41. The topological polar surface area (TPSA) is 80.3 Å². The highest BCUT2D eigenvalue weighted by atomic mass is 35.5. The fraction of sp³-hybridized carbons (Fsp3) is 0.917. The quantitative estimate of drug-likeness (QED) is 0.158. The van der Waals surface area contributed by atoms with E-state index in [0.717, 1.165) is 77.0 Å². The molecular formula is C24H40Cl2O7. The summed E-state index contributed by atoms with van der Waals surface area (Å²) in [5, 5.41) is -0.487. The van der Waals surface area contributed by atoms with Crippen LogP contribution in [0.3, 0.4) is 0 Å². The van der Waals surface area contributed by atoms with Gasteiger partial charge in [0, 0.05) is 12.8 Å². The molecule has 192 valence electrons. The third-order valence-electron chi connectivity index (χ3n) is 5.93. The standard InChI is InChI=1S/C24H40Cl2O7/c25-21(27)13-9-5-1-3-7-11-19-15-30-23(32-19)17-29-18-24-31-16-20(33-24)12-8-4-2-6-10-14-22(26)28/h19-20,23-24H,1-18H2. The second-order valence-corrected chi connectivity index (χ2v) is 9.75. The Kier molecular flexibility index (Phi) is 15.8. The van der Waals surface area contributed by atoms with Crippen molar-refractivity contribution >= 4 is 33.7 Å². The first-order valence-corrected chi connectivity index (χ1v) is 13.3. The van der Waals surface area contributed by atoms with Crippen LogP contribution in [0.4, 0.5) is 0 Å². The van der Waals surface area contributed by atoms with Gasteiger partial charge in [-0.05, 0) is 48.9 Å². The first-order chi connectivity index (χ1) is 16.0. The van der Waals surface area contributed by atoms with Crippen LogP contribution in [-0.4, -0.2) is 61.7 Å². The third-order valence-corrected chi connectivity index (χ3v) is 6.31. The summed E-state index contributed by atoms with van der Waals surface area (Å²) in [6.07, 6.45) is 13.0. The molecule has 0 radical (unpaired) electrons. The van der Waals surface area contributed by atoms with E-state index in [9.17, 15) is 9.59 Å². The molecule has 2 rings (SSSR count). The normalized spacial score (nSPS) is 25.0. The number of hydrogen-bond donors (Lipinski definition) is 0. The number of carbonyl (C=O) groups is 2. The summed E-state index contributed by atoms with van der Waals surface area (Å²) in [5.41, 5.74) is 0. The monoisotopic (exact) mass is 510 g/mol. The van der Waals surface area contributed by atoms with E-state index in [4.69, 9.17) is 46.9 Å². The van der Waals surface area contributed by atoms with Crippen molar-refractivity contribution in [2.75, 3.05) is 26.4 Å². The summed E-state index contributed by atoms with van der Waals surface area (Å²) < 4.78 is 28.8. The van der Waals surface area contributed by atoms with Crippen molar-refractivity contribution in [3.63, 3.8) is 0 Å². The van der Waals surface area contributed by atoms with Gasteiger partial charge in [0.1, 0.15) is 0 Å². The van der Waals surface area contributed by atoms with Gasteiger partial charge in [-0.15, -0.1) is 0 Å². The summed E-state index contributed by atoms with van der Waals surface area (Å²) in [6, 6.07) is 0. The van der Waals surface area contributed by atoms with Gasteiger partial charge in [-0.2, -0.15) is 0 Å². The Balaban J connectivity index is 1.39. The molecule has 0 N–H and O–H groups in total. The molecule has 0 aromatic heterocycles. The van der Waals surface area contributed by atoms with Gasteiger partial charge in [-0.3, -0.25) is 9.59 Å². The van der Waals surface area contributed by atoms with Crippen molar-refractivity contribution in [2.45, 2.75) is 115 Å². The van der Waals surface area contributed by atoms with E-state index in [1.807, 2.05) is 0 Å². The van der Waals surface area contributed by atoms with Crippen molar-refractivity contribution in [1.82, 2.24) is 0 Å². The summed E-state index contributed by atoms with van der Waals surface area (Å²) in [6.45, 7) is 1.97. The van der Waals surface area contributed by atoms with Gasteiger partial charge >= 0.3 is 0 Å². The zero-order chi connectivity index (χ0) is 23.7.